The van der Waals surface area contributed by atoms with Gasteiger partial charge in [0.2, 0.25) is 5.91 Å². The maximum atomic E-state index is 11.7. The number of hydrogen-bond acceptors (Lipinski definition) is 4. The number of ether oxygens (including phenoxy) is 1. The molecule has 1 aromatic rings. The number of methoxy groups -OCH3 is 1. The van der Waals surface area contributed by atoms with Crippen LogP contribution in [0, 0.1) is 0 Å². The zero-order chi connectivity index (χ0) is 12.8. The molecule has 0 unspecified atom stereocenters. The molecule has 2 rings (SSSR count). The highest BCUT2D eigenvalue weighted by Gasteiger charge is 2.34. The van der Waals surface area contributed by atoms with E-state index in [1.54, 1.807) is 31.8 Å². The second-order valence-corrected chi connectivity index (χ2v) is 5.40. The molecule has 4 nitrogen and oxygen atoms in total. The van der Waals surface area contributed by atoms with E-state index in [0.29, 0.717) is 6.54 Å². The van der Waals surface area contributed by atoms with Gasteiger partial charge in [-0.25, -0.2) is 0 Å². The Morgan fingerprint density at radius 2 is 2.61 bits per heavy atom. The van der Waals surface area contributed by atoms with Gasteiger partial charge < -0.3 is 14.5 Å². The average molecular weight is 267 g/mol. The topological polar surface area (TPSA) is 51.5 Å². The number of thioether (sulfide) groups is 1. The van der Waals surface area contributed by atoms with Crippen molar-refractivity contribution >= 4 is 23.7 Å². The van der Waals surface area contributed by atoms with Crippen molar-refractivity contribution in [1.29, 1.82) is 0 Å². The first-order valence-corrected chi connectivity index (χ1v) is 7.01. The molecule has 1 fully saturated rings. The number of nitrogens with one attached hydrogen (secondary N) is 1. The van der Waals surface area contributed by atoms with Crippen molar-refractivity contribution in [2.75, 3.05) is 25.2 Å². The molecular formula is C13H17NO3S. The molecule has 0 aliphatic carbocycles. The Morgan fingerprint density at radius 1 is 1.72 bits per heavy atom. The standard InChI is InChI=1S/C13H17NO3S/c1-16-13(5-7-18-10-13)9-14-12(15)3-2-11-4-6-17-8-11/h2-4,6,8H,5,7,9-10H2,1H3,(H,14,15)/b3-2+/t13-/m1/s1. The van der Waals surface area contributed by atoms with Crippen LogP contribution in [0.25, 0.3) is 6.08 Å². The molecule has 1 aromatic heterocycles. The smallest absolute Gasteiger partial charge is 0.244 e. The summed E-state index contributed by atoms with van der Waals surface area (Å²) in [5, 5.41) is 2.88. The lowest BCUT2D eigenvalue weighted by atomic mass is 10.0. The molecule has 98 valence electrons. The zero-order valence-corrected chi connectivity index (χ0v) is 11.2. The van der Waals surface area contributed by atoms with Crippen LogP contribution in [0.4, 0.5) is 0 Å². The Hall–Kier alpha value is -1.20. The number of hydrogen-bond donors (Lipinski definition) is 1. The minimum atomic E-state index is -0.191. The van der Waals surface area contributed by atoms with Crippen LogP contribution in [-0.2, 0) is 9.53 Å². The highest BCUT2D eigenvalue weighted by Crippen LogP contribution is 2.30. The maximum Gasteiger partial charge on any atom is 0.244 e. The fourth-order valence-electron chi connectivity index (χ4n) is 1.81. The summed E-state index contributed by atoms with van der Waals surface area (Å²) in [6.45, 7) is 0.561. The Kier molecular flexibility index (Phi) is 4.49. The van der Waals surface area contributed by atoms with Crippen LogP contribution in [0.5, 0.6) is 0 Å². The van der Waals surface area contributed by atoms with Crippen molar-refractivity contribution in [2.24, 2.45) is 0 Å². The van der Waals surface area contributed by atoms with Gasteiger partial charge in [-0.2, -0.15) is 11.8 Å². The number of carbonyl (C=O) groups excluding carboxylic acids is 1. The van der Waals surface area contributed by atoms with Crippen LogP contribution < -0.4 is 5.32 Å². The summed E-state index contributed by atoms with van der Waals surface area (Å²) in [4.78, 5) is 11.7. The van der Waals surface area contributed by atoms with Crippen molar-refractivity contribution in [2.45, 2.75) is 12.0 Å². The van der Waals surface area contributed by atoms with Crippen LogP contribution in [0.3, 0.4) is 0 Å². The Balaban J connectivity index is 1.81. The molecule has 2 heterocycles. The summed E-state index contributed by atoms with van der Waals surface area (Å²) in [5.74, 6) is 1.92. The Labute approximate surface area is 111 Å². The fraction of sp³-hybridized carbons (Fsp3) is 0.462. The van der Waals surface area contributed by atoms with Crippen LogP contribution in [0.2, 0.25) is 0 Å². The molecule has 0 radical (unpaired) electrons. The van der Waals surface area contributed by atoms with Gasteiger partial charge in [0.05, 0.1) is 18.1 Å². The number of rotatable bonds is 5. The highest BCUT2D eigenvalue weighted by atomic mass is 32.2. The first-order chi connectivity index (χ1) is 8.74. The molecule has 0 spiro atoms. The van der Waals surface area contributed by atoms with E-state index in [9.17, 15) is 4.79 Å². The van der Waals surface area contributed by atoms with E-state index in [0.717, 1.165) is 23.5 Å². The van der Waals surface area contributed by atoms with E-state index < -0.39 is 0 Å². The molecule has 1 N–H and O–H groups in total. The fourth-order valence-corrected chi connectivity index (χ4v) is 3.21. The predicted molar refractivity (Wildman–Crippen MR) is 72.4 cm³/mol. The van der Waals surface area contributed by atoms with Gasteiger partial charge in [-0.15, -0.1) is 0 Å². The van der Waals surface area contributed by atoms with E-state index in [2.05, 4.69) is 5.32 Å². The van der Waals surface area contributed by atoms with Crippen molar-refractivity contribution in [1.82, 2.24) is 5.32 Å². The molecule has 5 heteroatoms. The van der Waals surface area contributed by atoms with E-state index in [4.69, 9.17) is 9.15 Å². The number of carbonyl (C=O) groups is 1. The molecule has 1 amide bonds. The summed E-state index contributed by atoms with van der Waals surface area (Å²) in [7, 11) is 1.71. The largest absolute Gasteiger partial charge is 0.472 e. The quantitative estimate of drug-likeness (QED) is 0.828. The van der Waals surface area contributed by atoms with E-state index in [-0.39, 0.29) is 11.5 Å². The Morgan fingerprint density at radius 3 is 3.22 bits per heavy atom. The molecule has 1 atom stereocenters. The lowest BCUT2D eigenvalue weighted by molar-refractivity contribution is -0.117. The van der Waals surface area contributed by atoms with Crippen LogP contribution >= 0.6 is 11.8 Å². The van der Waals surface area contributed by atoms with E-state index in [1.807, 2.05) is 11.8 Å². The van der Waals surface area contributed by atoms with Crippen LogP contribution in [0.15, 0.2) is 29.1 Å². The SMILES string of the molecule is CO[C@@]1(CNC(=O)/C=C/c2ccoc2)CCSC1. The first-order valence-electron chi connectivity index (χ1n) is 5.85. The van der Waals surface area contributed by atoms with Crippen molar-refractivity contribution in [3.63, 3.8) is 0 Å². The average Bonchev–Trinajstić information content (AvgIpc) is 3.06. The highest BCUT2D eigenvalue weighted by molar-refractivity contribution is 7.99. The second-order valence-electron chi connectivity index (χ2n) is 4.30. The van der Waals surface area contributed by atoms with Crippen LogP contribution in [-0.4, -0.2) is 36.7 Å². The summed E-state index contributed by atoms with van der Waals surface area (Å²) >= 11 is 1.86. The number of amides is 1. The second kappa shape index (κ2) is 6.11. The monoisotopic (exact) mass is 267 g/mol. The molecular weight excluding hydrogens is 250 g/mol. The molecule has 1 aliphatic rings. The summed E-state index contributed by atoms with van der Waals surface area (Å²) in [6, 6.07) is 1.80. The molecule has 0 bridgehead atoms. The Bertz CT molecular complexity index is 408. The van der Waals surface area contributed by atoms with Gasteiger partial charge >= 0.3 is 0 Å². The molecule has 1 saturated heterocycles. The molecule has 1 aliphatic heterocycles. The maximum absolute atomic E-state index is 11.7. The third kappa shape index (κ3) is 3.40. The summed E-state index contributed by atoms with van der Waals surface area (Å²) < 4.78 is 10.4. The molecule has 18 heavy (non-hydrogen) atoms. The van der Waals surface area contributed by atoms with Gasteiger partial charge in [-0.1, -0.05) is 0 Å². The molecule has 0 aromatic carbocycles. The lowest BCUT2D eigenvalue weighted by Gasteiger charge is -2.26. The van der Waals surface area contributed by atoms with Gasteiger partial charge in [0.25, 0.3) is 0 Å². The predicted octanol–water partition coefficient (Wildman–Crippen LogP) is 1.93. The minimum absolute atomic E-state index is 0.107. The first kappa shape index (κ1) is 13.2. The van der Waals surface area contributed by atoms with Gasteiger partial charge in [0.15, 0.2) is 0 Å². The number of furan rings is 1. The third-order valence-corrected chi connectivity index (χ3v) is 4.28. The summed E-state index contributed by atoms with van der Waals surface area (Å²) in [6.07, 6.45) is 7.39. The lowest BCUT2D eigenvalue weighted by Crippen LogP contribution is -2.44. The third-order valence-electron chi connectivity index (χ3n) is 3.06. The van der Waals surface area contributed by atoms with Crippen molar-refractivity contribution in [3.05, 3.63) is 30.2 Å². The summed E-state index contributed by atoms with van der Waals surface area (Å²) in [5.41, 5.74) is 0.687. The van der Waals surface area contributed by atoms with E-state index >= 15 is 0 Å². The van der Waals surface area contributed by atoms with E-state index in [1.165, 1.54) is 6.08 Å². The molecule has 0 saturated carbocycles. The van der Waals surface area contributed by atoms with Crippen molar-refractivity contribution in [3.8, 4) is 0 Å². The van der Waals surface area contributed by atoms with Crippen LogP contribution in [0.1, 0.15) is 12.0 Å². The minimum Gasteiger partial charge on any atom is -0.472 e. The van der Waals surface area contributed by atoms with Crippen molar-refractivity contribution < 1.29 is 13.9 Å². The zero-order valence-electron chi connectivity index (χ0n) is 10.3. The van der Waals surface area contributed by atoms with Gasteiger partial charge in [0, 0.05) is 31.0 Å². The van der Waals surface area contributed by atoms with Gasteiger partial charge in [-0.05, 0) is 24.3 Å². The van der Waals surface area contributed by atoms with Gasteiger partial charge in [0.1, 0.15) is 0 Å². The van der Waals surface area contributed by atoms with Gasteiger partial charge in [-0.3, -0.25) is 4.79 Å². The normalized spacial score (nSPS) is 23.6.